The molecule has 0 amide bonds. The molecule has 0 bridgehead atoms. The Hall–Kier alpha value is -1.21. The Morgan fingerprint density at radius 2 is 1.96 bits per heavy atom. The van der Waals surface area contributed by atoms with Crippen molar-refractivity contribution in [2.45, 2.75) is 42.4 Å². The fraction of sp³-hybridized carbons (Fsp3) is 0.412. The smallest absolute Gasteiger partial charge is 0.250 e. The predicted molar refractivity (Wildman–Crippen MR) is 92.3 cm³/mol. The van der Waals surface area contributed by atoms with E-state index in [0.717, 1.165) is 23.3 Å². The van der Waals surface area contributed by atoms with Gasteiger partial charge in [0.2, 0.25) is 10.0 Å². The van der Waals surface area contributed by atoms with E-state index in [4.69, 9.17) is 0 Å². The third-order valence-corrected chi connectivity index (χ3v) is 7.46. The van der Waals surface area contributed by atoms with Crippen molar-refractivity contribution < 1.29 is 13.5 Å². The first-order valence-electron chi connectivity index (χ1n) is 7.79. The molecule has 0 saturated heterocycles. The molecule has 2 N–H and O–H groups in total. The van der Waals surface area contributed by atoms with Gasteiger partial charge in [-0.3, -0.25) is 0 Å². The number of aliphatic hydroxyl groups is 1. The lowest BCUT2D eigenvalue weighted by molar-refractivity contribution is 0.0317. The van der Waals surface area contributed by atoms with Gasteiger partial charge >= 0.3 is 0 Å². The molecule has 0 saturated carbocycles. The van der Waals surface area contributed by atoms with Crippen LogP contribution in [0.4, 0.5) is 0 Å². The van der Waals surface area contributed by atoms with Crippen LogP contribution in [0.15, 0.2) is 40.6 Å². The minimum Gasteiger partial charge on any atom is -0.388 e. The van der Waals surface area contributed by atoms with E-state index < -0.39 is 15.6 Å². The number of rotatable bonds is 5. The summed E-state index contributed by atoms with van der Waals surface area (Å²) in [6.45, 7) is 2.04. The molecule has 124 valence electrons. The molecule has 1 aliphatic carbocycles. The molecule has 1 aliphatic rings. The van der Waals surface area contributed by atoms with Crippen molar-refractivity contribution in [1.29, 1.82) is 0 Å². The largest absolute Gasteiger partial charge is 0.388 e. The Morgan fingerprint density at radius 1 is 1.22 bits per heavy atom. The van der Waals surface area contributed by atoms with Crippen molar-refractivity contribution >= 4 is 21.4 Å². The molecule has 0 fully saturated rings. The first-order valence-corrected chi connectivity index (χ1v) is 10.1. The minimum absolute atomic E-state index is 0.0447. The van der Waals surface area contributed by atoms with E-state index in [1.54, 1.807) is 6.07 Å². The van der Waals surface area contributed by atoms with Gasteiger partial charge in [-0.15, -0.1) is 11.3 Å². The van der Waals surface area contributed by atoms with Crippen LogP contribution in [0.1, 0.15) is 29.3 Å². The molecule has 2 aromatic rings. The zero-order valence-electron chi connectivity index (χ0n) is 13.1. The van der Waals surface area contributed by atoms with Gasteiger partial charge in [-0.2, -0.15) is 0 Å². The van der Waals surface area contributed by atoms with Gasteiger partial charge in [-0.25, -0.2) is 13.1 Å². The van der Waals surface area contributed by atoms with Crippen LogP contribution in [0.5, 0.6) is 0 Å². The van der Waals surface area contributed by atoms with E-state index in [2.05, 4.69) is 10.8 Å². The molecule has 1 atom stereocenters. The third-order valence-electron chi connectivity index (χ3n) is 4.34. The molecule has 3 rings (SSSR count). The zero-order chi connectivity index (χ0) is 16.5. The highest BCUT2D eigenvalue weighted by Crippen LogP contribution is 2.29. The summed E-state index contributed by atoms with van der Waals surface area (Å²) in [6.07, 6.45) is 2.64. The van der Waals surface area contributed by atoms with Crippen molar-refractivity contribution in [1.82, 2.24) is 4.72 Å². The van der Waals surface area contributed by atoms with Crippen molar-refractivity contribution in [3.8, 4) is 0 Å². The average Bonchev–Trinajstić information content (AvgIpc) is 3.03. The summed E-state index contributed by atoms with van der Waals surface area (Å²) in [7, 11) is -3.56. The van der Waals surface area contributed by atoms with Crippen LogP contribution in [-0.2, 0) is 29.3 Å². The summed E-state index contributed by atoms with van der Waals surface area (Å²) in [5.74, 6) is 0. The number of benzene rings is 1. The summed E-state index contributed by atoms with van der Waals surface area (Å²) in [5, 5.41) is 10.8. The van der Waals surface area contributed by atoms with Gasteiger partial charge in [-0.05, 0) is 42.5 Å². The van der Waals surface area contributed by atoms with Crippen LogP contribution in [-0.4, -0.2) is 25.7 Å². The molecule has 0 spiro atoms. The Morgan fingerprint density at radius 3 is 2.65 bits per heavy atom. The standard InChI is InChI=1S/C17H21NO3S2/c1-2-15-7-8-16(22-15)23(20,21)18-12-17(19)10-9-13-5-3-4-6-14(13)11-17/h3-8,18-19H,2,9-12H2,1H3. The van der Waals surface area contributed by atoms with Crippen LogP contribution in [0, 0.1) is 0 Å². The summed E-state index contributed by atoms with van der Waals surface area (Å²) < 4.78 is 27.7. The third kappa shape index (κ3) is 3.66. The van der Waals surface area contributed by atoms with Gasteiger partial charge in [-0.1, -0.05) is 31.2 Å². The Kier molecular flexibility index (Phi) is 4.60. The lowest BCUT2D eigenvalue weighted by atomic mass is 9.80. The van der Waals surface area contributed by atoms with Crippen LogP contribution < -0.4 is 4.72 Å². The Bertz CT molecular complexity index is 798. The van der Waals surface area contributed by atoms with E-state index in [-0.39, 0.29) is 6.54 Å². The quantitative estimate of drug-likeness (QED) is 0.870. The molecule has 1 unspecified atom stereocenters. The fourth-order valence-electron chi connectivity index (χ4n) is 2.93. The summed E-state index contributed by atoms with van der Waals surface area (Å²) >= 11 is 1.28. The maximum absolute atomic E-state index is 12.4. The molecular weight excluding hydrogens is 330 g/mol. The minimum atomic E-state index is -3.56. The predicted octanol–water partition coefficient (Wildman–Crippen LogP) is 2.51. The first-order chi connectivity index (χ1) is 10.9. The first kappa shape index (κ1) is 16.6. The number of sulfonamides is 1. The van der Waals surface area contributed by atoms with Gasteiger partial charge in [0, 0.05) is 17.8 Å². The van der Waals surface area contributed by atoms with Gasteiger partial charge in [0.25, 0.3) is 0 Å². The van der Waals surface area contributed by atoms with Crippen LogP contribution in [0.25, 0.3) is 0 Å². The maximum Gasteiger partial charge on any atom is 0.250 e. The topological polar surface area (TPSA) is 66.4 Å². The van der Waals surface area contributed by atoms with E-state index in [1.165, 1.54) is 16.9 Å². The van der Waals surface area contributed by atoms with Crippen LogP contribution >= 0.6 is 11.3 Å². The fourth-order valence-corrected chi connectivity index (χ4v) is 5.39. The van der Waals surface area contributed by atoms with Crippen LogP contribution in [0.3, 0.4) is 0 Å². The molecule has 1 heterocycles. The highest BCUT2D eigenvalue weighted by atomic mass is 32.2. The molecular formula is C17H21NO3S2. The van der Waals surface area contributed by atoms with Gasteiger partial charge in [0.05, 0.1) is 5.60 Å². The molecule has 0 aliphatic heterocycles. The highest BCUT2D eigenvalue weighted by Gasteiger charge is 2.33. The molecule has 0 radical (unpaired) electrons. The second-order valence-electron chi connectivity index (χ2n) is 6.07. The van der Waals surface area contributed by atoms with E-state index >= 15 is 0 Å². The van der Waals surface area contributed by atoms with Gasteiger partial charge in [0.15, 0.2) is 0 Å². The zero-order valence-corrected chi connectivity index (χ0v) is 14.7. The van der Waals surface area contributed by atoms with Crippen molar-refractivity contribution in [3.05, 3.63) is 52.4 Å². The number of fused-ring (bicyclic) bond motifs is 1. The van der Waals surface area contributed by atoms with Gasteiger partial charge in [0.1, 0.15) is 4.21 Å². The summed E-state index contributed by atoms with van der Waals surface area (Å²) in [4.78, 5) is 1.04. The summed E-state index contributed by atoms with van der Waals surface area (Å²) in [5.41, 5.74) is 1.32. The Labute approximate surface area is 141 Å². The van der Waals surface area contributed by atoms with Crippen LogP contribution in [0.2, 0.25) is 0 Å². The van der Waals surface area contributed by atoms with Crippen molar-refractivity contribution in [3.63, 3.8) is 0 Å². The second kappa shape index (κ2) is 6.36. The summed E-state index contributed by atoms with van der Waals surface area (Å²) in [6, 6.07) is 11.5. The maximum atomic E-state index is 12.4. The Balaban J connectivity index is 1.70. The van der Waals surface area contributed by atoms with Crippen molar-refractivity contribution in [2.75, 3.05) is 6.54 Å². The highest BCUT2D eigenvalue weighted by molar-refractivity contribution is 7.91. The van der Waals surface area contributed by atoms with E-state index in [0.29, 0.717) is 17.1 Å². The number of hydrogen-bond donors (Lipinski definition) is 2. The molecule has 4 nitrogen and oxygen atoms in total. The second-order valence-corrected chi connectivity index (χ2v) is 9.23. The number of nitrogens with one attached hydrogen (secondary N) is 1. The number of thiophene rings is 1. The van der Waals surface area contributed by atoms with E-state index in [1.807, 2.05) is 31.2 Å². The molecule has 1 aromatic heterocycles. The number of hydrogen-bond acceptors (Lipinski definition) is 4. The van der Waals surface area contributed by atoms with E-state index in [9.17, 15) is 13.5 Å². The average molecular weight is 351 g/mol. The molecule has 23 heavy (non-hydrogen) atoms. The lowest BCUT2D eigenvalue weighted by Crippen LogP contribution is -2.46. The van der Waals surface area contributed by atoms with Crippen molar-refractivity contribution in [2.24, 2.45) is 0 Å². The number of aryl methyl sites for hydroxylation is 2. The van der Waals surface area contributed by atoms with Gasteiger partial charge < -0.3 is 5.11 Å². The lowest BCUT2D eigenvalue weighted by Gasteiger charge is -2.33. The SMILES string of the molecule is CCc1ccc(S(=O)(=O)NCC2(O)CCc3ccccc3C2)s1. The monoisotopic (exact) mass is 351 g/mol. The normalized spacial score (nSPS) is 21.1. The molecule has 6 heteroatoms. The molecule has 1 aromatic carbocycles.